The second kappa shape index (κ2) is 5.54. The number of aryl methyl sites for hydroxylation is 1. The minimum absolute atomic E-state index is 0. The van der Waals surface area contributed by atoms with Crippen molar-refractivity contribution >= 4 is 10.1 Å². The zero-order valence-corrected chi connectivity index (χ0v) is 9.04. The molecule has 0 spiro atoms. The third kappa shape index (κ3) is 4.56. The molecule has 1 rings (SSSR count). The predicted molar refractivity (Wildman–Crippen MR) is 42.8 cm³/mol. The van der Waals surface area contributed by atoms with Gasteiger partial charge in [-0.05, 0) is 19.1 Å². The number of hydrogen-bond acceptors (Lipinski definition) is 3. The molecule has 0 saturated carbocycles. The van der Waals surface area contributed by atoms with E-state index in [4.69, 9.17) is 0 Å². The standard InChI is InChI=1S/C7H8O3S.Ag.H2O/c1-6-2-4-7(5-3-6)11(8,9)10;;/h2-5H,1H3,(H,8,9,10);;1H2/q;+1;/p-1. The van der Waals surface area contributed by atoms with Crippen molar-refractivity contribution in [1.82, 2.24) is 0 Å². The summed E-state index contributed by atoms with van der Waals surface area (Å²) in [5.74, 6) is 0. The Morgan fingerprint density at radius 2 is 1.54 bits per heavy atom. The van der Waals surface area contributed by atoms with Gasteiger partial charge in [-0.2, -0.15) is 0 Å². The maximum absolute atomic E-state index is 10.4. The van der Waals surface area contributed by atoms with Crippen LogP contribution in [-0.2, 0) is 32.5 Å². The van der Waals surface area contributed by atoms with Crippen molar-refractivity contribution in [2.75, 3.05) is 0 Å². The Morgan fingerprint density at radius 1 is 1.15 bits per heavy atom. The molecule has 0 aliphatic rings. The normalized spacial score (nSPS) is 9.69. The maximum atomic E-state index is 10.4. The summed E-state index contributed by atoms with van der Waals surface area (Å²) < 4.78 is 31.2. The van der Waals surface area contributed by atoms with Crippen molar-refractivity contribution in [2.24, 2.45) is 0 Å². The molecule has 0 aromatic heterocycles. The number of hydrogen-bond donors (Lipinski definition) is 0. The first-order chi connectivity index (χ1) is 5.00. The Hall–Kier alpha value is -0.170. The van der Waals surface area contributed by atoms with Crippen LogP contribution < -0.4 is 0 Å². The average molecular weight is 297 g/mol. The summed E-state index contributed by atoms with van der Waals surface area (Å²) in [6.07, 6.45) is 0. The van der Waals surface area contributed by atoms with Gasteiger partial charge in [-0.15, -0.1) is 0 Å². The molecule has 0 unspecified atom stereocenters. The van der Waals surface area contributed by atoms with Crippen LogP contribution in [-0.4, -0.2) is 18.4 Å². The van der Waals surface area contributed by atoms with Gasteiger partial charge in [-0.3, -0.25) is 0 Å². The number of benzene rings is 1. The van der Waals surface area contributed by atoms with E-state index >= 15 is 0 Å². The molecule has 0 saturated heterocycles. The fraction of sp³-hybridized carbons (Fsp3) is 0.143. The van der Waals surface area contributed by atoms with Crippen LogP contribution in [0.3, 0.4) is 0 Å². The van der Waals surface area contributed by atoms with Crippen molar-refractivity contribution < 1.29 is 40.8 Å². The van der Waals surface area contributed by atoms with Crippen LogP contribution in [0.15, 0.2) is 29.2 Å². The summed E-state index contributed by atoms with van der Waals surface area (Å²) in [4.78, 5) is -0.178. The van der Waals surface area contributed by atoms with E-state index < -0.39 is 10.1 Å². The quantitative estimate of drug-likeness (QED) is 0.543. The zero-order valence-electron chi connectivity index (χ0n) is 6.74. The summed E-state index contributed by atoms with van der Waals surface area (Å²) in [7, 11) is -4.27. The molecular formula is C7H9AgO4S. The second-order valence-corrected chi connectivity index (χ2v) is 3.65. The molecule has 0 heterocycles. The summed E-state index contributed by atoms with van der Waals surface area (Å²) in [5.41, 5.74) is 0.928. The second-order valence-electron chi connectivity index (χ2n) is 2.27. The fourth-order valence-corrected chi connectivity index (χ4v) is 1.17. The Morgan fingerprint density at radius 3 is 1.85 bits per heavy atom. The average Bonchev–Trinajstić information content (AvgIpc) is 1.86. The van der Waals surface area contributed by atoms with Crippen LogP contribution in [0.1, 0.15) is 5.56 Å². The molecule has 0 atom stereocenters. The molecule has 0 fully saturated rings. The largest absolute Gasteiger partial charge is 1.00 e. The first-order valence-corrected chi connectivity index (χ1v) is 4.43. The first-order valence-electron chi connectivity index (χ1n) is 3.03. The van der Waals surface area contributed by atoms with Crippen molar-refractivity contribution in [3.05, 3.63) is 29.8 Å². The molecule has 1 aromatic carbocycles. The zero-order chi connectivity index (χ0) is 8.48. The molecule has 1 aromatic rings. The fourth-order valence-electron chi connectivity index (χ4n) is 0.705. The summed E-state index contributed by atoms with van der Waals surface area (Å²) in [5, 5.41) is 0. The van der Waals surface area contributed by atoms with Gasteiger partial charge in [-0.1, -0.05) is 17.7 Å². The van der Waals surface area contributed by atoms with Gasteiger partial charge >= 0.3 is 22.4 Å². The monoisotopic (exact) mass is 296 g/mol. The van der Waals surface area contributed by atoms with Gasteiger partial charge in [0.05, 0.1) is 4.90 Å². The molecule has 78 valence electrons. The van der Waals surface area contributed by atoms with Gasteiger partial charge < -0.3 is 10.0 Å². The van der Waals surface area contributed by atoms with Crippen molar-refractivity contribution in [3.8, 4) is 0 Å². The molecule has 2 N–H and O–H groups in total. The molecule has 4 nitrogen and oxygen atoms in total. The SMILES string of the molecule is Cc1ccc(S(=O)(=O)[O-])cc1.O.[Ag+]. The van der Waals surface area contributed by atoms with Gasteiger partial charge in [0.15, 0.2) is 0 Å². The van der Waals surface area contributed by atoms with Crippen LogP contribution in [0.25, 0.3) is 0 Å². The van der Waals surface area contributed by atoms with E-state index in [0.717, 1.165) is 5.56 Å². The topological polar surface area (TPSA) is 88.7 Å². The van der Waals surface area contributed by atoms with E-state index in [2.05, 4.69) is 0 Å². The van der Waals surface area contributed by atoms with E-state index in [1.54, 1.807) is 12.1 Å². The van der Waals surface area contributed by atoms with Gasteiger partial charge in [0, 0.05) is 0 Å². The van der Waals surface area contributed by atoms with E-state index in [-0.39, 0.29) is 32.8 Å². The molecule has 0 amide bonds. The smallest absolute Gasteiger partial charge is 0.744 e. The Balaban J connectivity index is 0. The van der Waals surface area contributed by atoms with Crippen LogP contribution in [0.4, 0.5) is 0 Å². The van der Waals surface area contributed by atoms with Crippen molar-refractivity contribution in [2.45, 2.75) is 11.8 Å². The van der Waals surface area contributed by atoms with E-state index in [1.165, 1.54) is 12.1 Å². The molecular weight excluding hydrogens is 288 g/mol. The molecule has 13 heavy (non-hydrogen) atoms. The minimum atomic E-state index is -4.27. The van der Waals surface area contributed by atoms with Gasteiger partial charge in [0.1, 0.15) is 10.1 Å². The first kappa shape index (κ1) is 15.3. The molecule has 0 aliphatic carbocycles. The van der Waals surface area contributed by atoms with E-state index in [0.29, 0.717) is 0 Å². The van der Waals surface area contributed by atoms with Gasteiger partial charge in [0.25, 0.3) is 0 Å². The van der Waals surface area contributed by atoms with Crippen molar-refractivity contribution in [1.29, 1.82) is 0 Å². The van der Waals surface area contributed by atoms with Gasteiger partial charge in [-0.25, -0.2) is 8.42 Å². The maximum Gasteiger partial charge on any atom is 1.00 e. The third-order valence-electron chi connectivity index (χ3n) is 1.31. The molecule has 6 heteroatoms. The van der Waals surface area contributed by atoms with Crippen LogP contribution in [0.5, 0.6) is 0 Å². The van der Waals surface area contributed by atoms with Crippen LogP contribution >= 0.6 is 0 Å². The summed E-state index contributed by atoms with van der Waals surface area (Å²) in [6.45, 7) is 1.82. The number of rotatable bonds is 1. The molecule has 0 radical (unpaired) electrons. The van der Waals surface area contributed by atoms with Crippen molar-refractivity contribution in [3.63, 3.8) is 0 Å². The molecule has 0 aliphatic heterocycles. The third-order valence-corrected chi connectivity index (χ3v) is 2.16. The molecule has 0 bridgehead atoms. The Bertz CT molecular complexity index is 343. The van der Waals surface area contributed by atoms with Crippen LogP contribution in [0, 0.1) is 6.92 Å². The minimum Gasteiger partial charge on any atom is -0.744 e. The van der Waals surface area contributed by atoms with E-state index in [9.17, 15) is 13.0 Å². The predicted octanol–water partition coefficient (Wildman–Crippen LogP) is 0.0719. The Labute approximate surface area is 92.5 Å². The Kier molecular flexibility index (Phi) is 6.52. The van der Waals surface area contributed by atoms with Crippen LogP contribution in [0.2, 0.25) is 0 Å². The van der Waals surface area contributed by atoms with Gasteiger partial charge in [0.2, 0.25) is 0 Å². The summed E-state index contributed by atoms with van der Waals surface area (Å²) >= 11 is 0. The van der Waals surface area contributed by atoms with E-state index in [1.807, 2.05) is 6.92 Å². The summed E-state index contributed by atoms with van der Waals surface area (Å²) in [6, 6.07) is 5.78.